The van der Waals surface area contributed by atoms with Gasteiger partial charge in [-0.2, -0.15) is 5.10 Å². The first-order chi connectivity index (χ1) is 10.1. The monoisotopic (exact) mass is 284 g/mol. The number of hydrogen-bond donors (Lipinski definition) is 1. The number of carbonyl (C=O) groups excluding carboxylic acids is 1. The molecule has 1 aliphatic rings. The summed E-state index contributed by atoms with van der Waals surface area (Å²) in [5.74, 6) is 0.816. The van der Waals surface area contributed by atoms with Crippen molar-refractivity contribution in [3.8, 4) is 0 Å². The van der Waals surface area contributed by atoms with Crippen LogP contribution in [0.4, 0.5) is 11.5 Å². The number of carbonyl (C=O) groups is 1. The van der Waals surface area contributed by atoms with E-state index in [1.807, 2.05) is 49.3 Å². The van der Waals surface area contributed by atoms with Crippen LogP contribution < -0.4 is 10.2 Å². The molecule has 5 nitrogen and oxygen atoms in total. The van der Waals surface area contributed by atoms with E-state index in [1.165, 1.54) is 5.56 Å². The van der Waals surface area contributed by atoms with Crippen LogP contribution in [-0.2, 0) is 18.3 Å². The molecule has 110 valence electrons. The fourth-order valence-corrected chi connectivity index (χ4v) is 2.77. The highest BCUT2D eigenvalue weighted by Crippen LogP contribution is 2.27. The Morgan fingerprint density at radius 2 is 2.14 bits per heavy atom. The Bertz CT molecular complexity index is 649. The minimum atomic E-state index is -0.300. The summed E-state index contributed by atoms with van der Waals surface area (Å²) in [6.07, 6.45) is 3.91. The zero-order valence-corrected chi connectivity index (χ0v) is 12.4. The van der Waals surface area contributed by atoms with Crippen molar-refractivity contribution in [1.29, 1.82) is 0 Å². The van der Waals surface area contributed by atoms with Crippen LogP contribution in [0.5, 0.6) is 0 Å². The lowest BCUT2D eigenvalue weighted by Crippen LogP contribution is -2.44. The van der Waals surface area contributed by atoms with Crippen molar-refractivity contribution < 1.29 is 4.79 Å². The van der Waals surface area contributed by atoms with Crippen molar-refractivity contribution in [2.24, 2.45) is 7.05 Å². The van der Waals surface area contributed by atoms with E-state index in [-0.39, 0.29) is 11.9 Å². The molecule has 1 N–H and O–H groups in total. The van der Waals surface area contributed by atoms with Crippen LogP contribution in [0.25, 0.3) is 0 Å². The van der Waals surface area contributed by atoms with E-state index in [2.05, 4.69) is 16.5 Å². The molecule has 0 spiro atoms. The number of hydrogen-bond acceptors (Lipinski definition) is 3. The molecule has 0 radical (unpaired) electrons. The molecule has 0 saturated heterocycles. The first kappa shape index (κ1) is 13.7. The molecule has 1 amide bonds. The number of aromatic nitrogens is 2. The maximum atomic E-state index is 12.7. The van der Waals surface area contributed by atoms with Crippen molar-refractivity contribution in [1.82, 2.24) is 9.78 Å². The molecule has 2 aromatic rings. The largest absolute Gasteiger partial charge is 0.357 e. The highest BCUT2D eigenvalue weighted by Gasteiger charge is 2.26. The van der Waals surface area contributed by atoms with Gasteiger partial charge in [-0.05, 0) is 31.4 Å². The van der Waals surface area contributed by atoms with Crippen LogP contribution in [0.15, 0.2) is 36.5 Å². The van der Waals surface area contributed by atoms with Crippen molar-refractivity contribution in [2.45, 2.75) is 25.8 Å². The summed E-state index contributed by atoms with van der Waals surface area (Å²) in [7, 11) is 1.86. The van der Waals surface area contributed by atoms with Crippen LogP contribution in [0.1, 0.15) is 18.9 Å². The second-order valence-electron chi connectivity index (χ2n) is 5.46. The summed E-state index contributed by atoms with van der Waals surface area (Å²) < 4.78 is 1.72. The van der Waals surface area contributed by atoms with Gasteiger partial charge in [-0.15, -0.1) is 0 Å². The van der Waals surface area contributed by atoms with Gasteiger partial charge < -0.3 is 10.2 Å². The van der Waals surface area contributed by atoms with Crippen molar-refractivity contribution in [3.05, 3.63) is 42.1 Å². The van der Waals surface area contributed by atoms with Crippen molar-refractivity contribution in [2.75, 3.05) is 16.8 Å². The highest BCUT2D eigenvalue weighted by atomic mass is 16.2. The second-order valence-corrected chi connectivity index (χ2v) is 5.46. The summed E-state index contributed by atoms with van der Waals surface area (Å²) in [6.45, 7) is 2.66. The van der Waals surface area contributed by atoms with Gasteiger partial charge in [0.1, 0.15) is 11.9 Å². The lowest BCUT2D eigenvalue weighted by molar-refractivity contribution is -0.119. The number of para-hydroxylation sites is 1. The van der Waals surface area contributed by atoms with Crippen LogP contribution >= 0.6 is 0 Å². The summed E-state index contributed by atoms with van der Waals surface area (Å²) in [6, 6.07) is 9.72. The third-order valence-corrected chi connectivity index (χ3v) is 3.82. The first-order valence-corrected chi connectivity index (χ1v) is 7.30. The van der Waals surface area contributed by atoms with E-state index < -0.39 is 0 Å². The van der Waals surface area contributed by atoms with Crippen molar-refractivity contribution in [3.63, 3.8) is 0 Å². The average molecular weight is 284 g/mol. The summed E-state index contributed by atoms with van der Waals surface area (Å²) in [5.41, 5.74) is 2.30. The topological polar surface area (TPSA) is 50.2 Å². The Balaban J connectivity index is 1.76. The average Bonchev–Trinajstić information content (AvgIpc) is 2.91. The number of rotatable bonds is 3. The molecule has 0 aliphatic carbocycles. The molecule has 2 heterocycles. The van der Waals surface area contributed by atoms with Gasteiger partial charge in [0.25, 0.3) is 0 Å². The molecule has 21 heavy (non-hydrogen) atoms. The molecule has 1 aliphatic heterocycles. The van der Waals surface area contributed by atoms with Gasteiger partial charge in [0.05, 0.1) is 0 Å². The number of aryl methyl sites for hydroxylation is 2. The van der Waals surface area contributed by atoms with E-state index in [4.69, 9.17) is 0 Å². The zero-order valence-electron chi connectivity index (χ0n) is 12.4. The van der Waals surface area contributed by atoms with Gasteiger partial charge >= 0.3 is 0 Å². The smallest absolute Gasteiger partial charge is 0.249 e. The Kier molecular flexibility index (Phi) is 3.64. The van der Waals surface area contributed by atoms with Crippen LogP contribution in [0.2, 0.25) is 0 Å². The zero-order chi connectivity index (χ0) is 14.8. The molecule has 5 heteroatoms. The second kappa shape index (κ2) is 5.60. The normalized spacial score (nSPS) is 15.4. The maximum Gasteiger partial charge on any atom is 0.249 e. The quantitative estimate of drug-likeness (QED) is 0.940. The number of amides is 1. The molecule has 3 rings (SSSR count). The molecule has 0 bridgehead atoms. The van der Waals surface area contributed by atoms with E-state index >= 15 is 0 Å². The maximum absolute atomic E-state index is 12.7. The molecule has 1 atom stereocenters. The fourth-order valence-electron chi connectivity index (χ4n) is 2.77. The first-order valence-electron chi connectivity index (χ1n) is 7.30. The number of nitrogens with zero attached hydrogens (tertiary/aromatic N) is 3. The standard InChI is InChI=1S/C16H20N4O/c1-12(17-15-9-11-19(2)18-15)16(21)20-10-5-7-13-6-3-4-8-14(13)20/h3-4,6,8-9,11-12H,5,7,10H2,1-2H3,(H,17,18). The van der Waals surface area contributed by atoms with E-state index in [0.29, 0.717) is 0 Å². The minimum absolute atomic E-state index is 0.0906. The Morgan fingerprint density at radius 1 is 1.33 bits per heavy atom. The number of anilines is 2. The van der Waals surface area contributed by atoms with Crippen LogP contribution in [0.3, 0.4) is 0 Å². The predicted octanol–water partition coefficient (Wildman–Crippen LogP) is 2.20. The third-order valence-electron chi connectivity index (χ3n) is 3.82. The number of nitrogens with one attached hydrogen (secondary N) is 1. The molecule has 0 saturated carbocycles. The third kappa shape index (κ3) is 2.77. The molecule has 0 fully saturated rings. The van der Waals surface area contributed by atoms with E-state index in [0.717, 1.165) is 30.9 Å². The van der Waals surface area contributed by atoms with Gasteiger partial charge in [0.15, 0.2) is 0 Å². The number of fused-ring (bicyclic) bond motifs is 1. The highest BCUT2D eigenvalue weighted by molar-refractivity contribution is 5.99. The van der Waals surface area contributed by atoms with Crippen LogP contribution in [-0.4, -0.2) is 28.3 Å². The number of benzene rings is 1. The van der Waals surface area contributed by atoms with Crippen molar-refractivity contribution >= 4 is 17.4 Å². The van der Waals surface area contributed by atoms with Gasteiger partial charge in [-0.25, -0.2) is 0 Å². The molecule has 1 aromatic carbocycles. The Hall–Kier alpha value is -2.30. The van der Waals surface area contributed by atoms with Gasteiger partial charge in [-0.1, -0.05) is 18.2 Å². The van der Waals surface area contributed by atoms with Gasteiger partial charge in [0, 0.05) is 31.5 Å². The summed E-state index contributed by atoms with van der Waals surface area (Å²) in [4.78, 5) is 14.6. The molecule has 1 unspecified atom stereocenters. The summed E-state index contributed by atoms with van der Waals surface area (Å²) in [5, 5.41) is 7.42. The Morgan fingerprint density at radius 3 is 2.90 bits per heavy atom. The summed E-state index contributed by atoms with van der Waals surface area (Å²) >= 11 is 0. The van der Waals surface area contributed by atoms with E-state index in [9.17, 15) is 4.79 Å². The van der Waals surface area contributed by atoms with Gasteiger partial charge in [-0.3, -0.25) is 9.48 Å². The lowest BCUT2D eigenvalue weighted by Gasteiger charge is -2.31. The lowest BCUT2D eigenvalue weighted by atomic mass is 10.0. The SMILES string of the molecule is CC(Nc1ccn(C)n1)C(=O)N1CCCc2ccccc21. The fraction of sp³-hybridized carbons (Fsp3) is 0.375. The van der Waals surface area contributed by atoms with Crippen LogP contribution in [0, 0.1) is 0 Å². The predicted molar refractivity (Wildman–Crippen MR) is 83.4 cm³/mol. The molecular weight excluding hydrogens is 264 g/mol. The minimum Gasteiger partial charge on any atom is -0.357 e. The van der Waals surface area contributed by atoms with Gasteiger partial charge in [0.2, 0.25) is 5.91 Å². The van der Waals surface area contributed by atoms with E-state index in [1.54, 1.807) is 4.68 Å². The Labute approximate surface area is 124 Å². The molecule has 1 aromatic heterocycles. The molecular formula is C16H20N4O.